The normalized spacial score (nSPS) is 24.8. The van der Waals surface area contributed by atoms with Crippen molar-refractivity contribution in [3.8, 4) is 0 Å². The highest BCUT2D eigenvalue weighted by Gasteiger charge is 2.32. The Morgan fingerprint density at radius 2 is 1.72 bits per heavy atom. The lowest BCUT2D eigenvalue weighted by molar-refractivity contribution is -0.139. The second-order valence-electron chi connectivity index (χ2n) is 7.22. The average molecular weight is 347 g/mol. The molecule has 1 saturated carbocycles. The molecule has 136 valence electrons. The van der Waals surface area contributed by atoms with E-state index in [4.69, 9.17) is 5.73 Å². The summed E-state index contributed by atoms with van der Waals surface area (Å²) in [5, 5.41) is 2.83. The molecule has 3 N–H and O–H groups in total. The van der Waals surface area contributed by atoms with E-state index in [-0.39, 0.29) is 35.5 Å². The lowest BCUT2D eigenvalue weighted by atomic mass is 9.84. The first-order valence-electron chi connectivity index (χ1n) is 9.13. The van der Waals surface area contributed by atoms with Crippen molar-refractivity contribution in [3.63, 3.8) is 0 Å². The van der Waals surface area contributed by atoms with E-state index in [1.54, 1.807) is 12.1 Å². The zero-order valence-corrected chi connectivity index (χ0v) is 14.4. The molecule has 1 aliphatic heterocycles. The maximum Gasteiger partial charge on any atom is 0.227 e. The Kier molecular flexibility index (Phi) is 5.68. The van der Waals surface area contributed by atoms with Gasteiger partial charge in [0.1, 0.15) is 5.82 Å². The highest BCUT2D eigenvalue weighted by molar-refractivity contribution is 5.92. The minimum atomic E-state index is -0.327. The SMILES string of the molecule is NC1CCCC(C(=O)N2CCC(C(=O)Nc3ccc(F)cc3)CC2)C1. The highest BCUT2D eigenvalue weighted by Crippen LogP contribution is 2.27. The predicted molar refractivity (Wildman–Crippen MR) is 94.3 cm³/mol. The summed E-state index contributed by atoms with van der Waals surface area (Å²) in [5.41, 5.74) is 6.59. The van der Waals surface area contributed by atoms with Crippen LogP contribution in [0.25, 0.3) is 0 Å². The number of carbonyl (C=O) groups excluding carboxylic acids is 2. The number of piperidine rings is 1. The van der Waals surface area contributed by atoms with Gasteiger partial charge in [0.2, 0.25) is 11.8 Å². The van der Waals surface area contributed by atoms with Gasteiger partial charge in [-0.05, 0) is 56.4 Å². The van der Waals surface area contributed by atoms with Gasteiger partial charge in [-0.2, -0.15) is 0 Å². The predicted octanol–water partition coefficient (Wildman–Crippen LogP) is 2.52. The first kappa shape index (κ1) is 17.9. The quantitative estimate of drug-likeness (QED) is 0.882. The third-order valence-electron chi connectivity index (χ3n) is 5.35. The van der Waals surface area contributed by atoms with E-state index in [2.05, 4.69) is 5.32 Å². The number of rotatable bonds is 3. The third-order valence-corrected chi connectivity index (χ3v) is 5.35. The van der Waals surface area contributed by atoms with Crippen molar-refractivity contribution in [1.82, 2.24) is 4.90 Å². The van der Waals surface area contributed by atoms with E-state index in [1.807, 2.05) is 4.90 Å². The lowest BCUT2D eigenvalue weighted by Crippen LogP contribution is -2.45. The standard InChI is InChI=1S/C19H26FN3O2/c20-15-4-6-17(7-5-15)22-18(24)13-8-10-23(11-9-13)19(25)14-2-1-3-16(21)12-14/h4-7,13-14,16H,1-3,8-12,21H2,(H,22,24). The third kappa shape index (κ3) is 4.57. The fraction of sp³-hybridized carbons (Fsp3) is 0.579. The summed E-state index contributed by atoms with van der Waals surface area (Å²) in [6.45, 7) is 1.23. The average Bonchev–Trinajstić information content (AvgIpc) is 2.63. The Morgan fingerprint density at radius 1 is 1.04 bits per heavy atom. The van der Waals surface area contributed by atoms with Gasteiger partial charge in [0.25, 0.3) is 0 Å². The van der Waals surface area contributed by atoms with Crippen LogP contribution in [0, 0.1) is 17.7 Å². The fourth-order valence-electron chi connectivity index (χ4n) is 3.85. The van der Waals surface area contributed by atoms with E-state index in [9.17, 15) is 14.0 Å². The van der Waals surface area contributed by atoms with Gasteiger partial charge in [0.15, 0.2) is 0 Å². The van der Waals surface area contributed by atoms with Crippen molar-refractivity contribution < 1.29 is 14.0 Å². The Bertz CT molecular complexity index is 612. The molecule has 0 bridgehead atoms. The molecule has 1 heterocycles. The van der Waals surface area contributed by atoms with E-state index in [0.29, 0.717) is 31.6 Å². The van der Waals surface area contributed by atoms with Crippen molar-refractivity contribution in [1.29, 1.82) is 0 Å². The molecule has 2 unspecified atom stereocenters. The number of hydrogen-bond acceptors (Lipinski definition) is 3. The van der Waals surface area contributed by atoms with E-state index in [0.717, 1.165) is 25.7 Å². The molecule has 0 aromatic heterocycles. The fourth-order valence-corrected chi connectivity index (χ4v) is 3.85. The van der Waals surface area contributed by atoms with Gasteiger partial charge in [-0.15, -0.1) is 0 Å². The van der Waals surface area contributed by atoms with E-state index in [1.165, 1.54) is 12.1 Å². The van der Waals surface area contributed by atoms with Crippen LogP contribution in [0.3, 0.4) is 0 Å². The molecule has 2 aliphatic rings. The highest BCUT2D eigenvalue weighted by atomic mass is 19.1. The molecule has 1 aliphatic carbocycles. The molecule has 5 nitrogen and oxygen atoms in total. The first-order chi connectivity index (χ1) is 12.0. The van der Waals surface area contributed by atoms with E-state index < -0.39 is 0 Å². The summed E-state index contributed by atoms with van der Waals surface area (Å²) in [4.78, 5) is 26.9. The molecule has 25 heavy (non-hydrogen) atoms. The van der Waals surface area contributed by atoms with Crippen LogP contribution in [-0.2, 0) is 9.59 Å². The number of nitrogens with zero attached hydrogens (tertiary/aromatic N) is 1. The Hall–Kier alpha value is -1.95. The molecule has 2 atom stereocenters. The van der Waals surface area contributed by atoms with E-state index >= 15 is 0 Å². The van der Waals surface area contributed by atoms with Gasteiger partial charge in [-0.25, -0.2) is 4.39 Å². The van der Waals surface area contributed by atoms with Gasteiger partial charge in [0, 0.05) is 36.7 Å². The summed E-state index contributed by atoms with van der Waals surface area (Å²) in [6, 6.07) is 5.90. The number of nitrogens with one attached hydrogen (secondary N) is 1. The topological polar surface area (TPSA) is 75.4 Å². The summed E-state index contributed by atoms with van der Waals surface area (Å²) < 4.78 is 12.9. The second kappa shape index (κ2) is 7.95. The van der Waals surface area contributed by atoms with Crippen molar-refractivity contribution in [3.05, 3.63) is 30.1 Å². The smallest absolute Gasteiger partial charge is 0.227 e. The minimum Gasteiger partial charge on any atom is -0.342 e. The molecule has 3 rings (SSSR count). The number of hydrogen-bond donors (Lipinski definition) is 2. The molecule has 0 spiro atoms. The number of nitrogens with two attached hydrogens (primary N) is 1. The van der Waals surface area contributed by atoms with Crippen molar-refractivity contribution in [2.75, 3.05) is 18.4 Å². The van der Waals surface area contributed by atoms with Crippen LogP contribution in [0.1, 0.15) is 38.5 Å². The van der Waals surface area contributed by atoms with Gasteiger partial charge in [-0.3, -0.25) is 9.59 Å². The number of anilines is 1. The maximum absolute atomic E-state index is 12.9. The van der Waals surface area contributed by atoms with Gasteiger partial charge in [-0.1, -0.05) is 6.42 Å². The minimum absolute atomic E-state index is 0.0494. The van der Waals surface area contributed by atoms with Crippen LogP contribution in [0.15, 0.2) is 24.3 Å². The van der Waals surface area contributed by atoms with Crippen LogP contribution in [0.4, 0.5) is 10.1 Å². The maximum atomic E-state index is 12.9. The van der Waals surface area contributed by atoms with Gasteiger partial charge in [0.05, 0.1) is 0 Å². The van der Waals surface area contributed by atoms with Crippen molar-refractivity contribution in [2.24, 2.45) is 17.6 Å². The molecule has 0 radical (unpaired) electrons. The van der Waals surface area contributed by atoms with Crippen molar-refractivity contribution >= 4 is 17.5 Å². The van der Waals surface area contributed by atoms with Crippen LogP contribution in [-0.4, -0.2) is 35.8 Å². The van der Waals surface area contributed by atoms with Crippen molar-refractivity contribution in [2.45, 2.75) is 44.6 Å². The molecule has 6 heteroatoms. The Balaban J connectivity index is 1.48. The molecule has 1 aromatic rings. The largest absolute Gasteiger partial charge is 0.342 e. The second-order valence-corrected chi connectivity index (χ2v) is 7.22. The molecule has 1 aromatic carbocycles. The molecular formula is C19H26FN3O2. The number of halogens is 1. The molecule has 1 saturated heterocycles. The summed E-state index contributed by atoms with van der Waals surface area (Å²) >= 11 is 0. The number of likely N-dealkylation sites (tertiary alicyclic amines) is 1. The molecule has 2 amide bonds. The van der Waals surface area contributed by atoms with Crippen LogP contribution >= 0.6 is 0 Å². The molecular weight excluding hydrogens is 321 g/mol. The summed E-state index contributed by atoms with van der Waals surface area (Å²) in [5.74, 6) is -0.241. The summed E-state index contributed by atoms with van der Waals surface area (Å²) in [6.07, 6.45) is 5.07. The Labute approximate surface area is 147 Å². The van der Waals surface area contributed by atoms with Crippen LogP contribution in [0.5, 0.6) is 0 Å². The lowest BCUT2D eigenvalue weighted by Gasteiger charge is -2.35. The summed E-state index contributed by atoms with van der Waals surface area (Å²) in [7, 11) is 0. The zero-order valence-electron chi connectivity index (χ0n) is 14.4. The van der Waals surface area contributed by atoms with Crippen LogP contribution < -0.4 is 11.1 Å². The monoisotopic (exact) mass is 347 g/mol. The van der Waals surface area contributed by atoms with Gasteiger partial charge < -0.3 is 16.0 Å². The number of amides is 2. The molecule has 2 fully saturated rings. The zero-order chi connectivity index (χ0) is 17.8. The number of benzene rings is 1. The van der Waals surface area contributed by atoms with Crippen LogP contribution in [0.2, 0.25) is 0 Å². The van der Waals surface area contributed by atoms with Gasteiger partial charge >= 0.3 is 0 Å². The first-order valence-corrected chi connectivity index (χ1v) is 9.13. The Morgan fingerprint density at radius 3 is 2.36 bits per heavy atom. The number of carbonyl (C=O) groups is 2.